The molecule has 0 unspecified atom stereocenters. The zero-order chi connectivity index (χ0) is 13.8. The summed E-state index contributed by atoms with van der Waals surface area (Å²) >= 11 is 0. The third-order valence-corrected chi connectivity index (χ3v) is 2.82. The molecule has 0 aromatic heterocycles. The van der Waals surface area contributed by atoms with Gasteiger partial charge < -0.3 is 9.47 Å². The molecular formula is C15H13FO3. The summed E-state index contributed by atoms with van der Waals surface area (Å²) in [4.78, 5) is 10.8. The summed E-state index contributed by atoms with van der Waals surface area (Å²) in [5.74, 6) is 0.538. The molecule has 0 fully saturated rings. The summed E-state index contributed by atoms with van der Waals surface area (Å²) in [6.45, 7) is 0. The fourth-order valence-corrected chi connectivity index (χ4v) is 1.92. The highest BCUT2D eigenvalue weighted by Crippen LogP contribution is 2.39. The molecule has 0 spiro atoms. The summed E-state index contributed by atoms with van der Waals surface area (Å²) in [5, 5.41) is 0. The molecule has 2 rings (SSSR count). The van der Waals surface area contributed by atoms with Crippen molar-refractivity contribution in [2.24, 2.45) is 0 Å². The minimum absolute atomic E-state index is 0.277. The molecule has 0 radical (unpaired) electrons. The Morgan fingerprint density at radius 1 is 1.05 bits per heavy atom. The van der Waals surface area contributed by atoms with Gasteiger partial charge in [0.05, 0.1) is 19.8 Å². The van der Waals surface area contributed by atoms with E-state index in [-0.39, 0.29) is 5.56 Å². The molecule has 0 saturated carbocycles. The van der Waals surface area contributed by atoms with Crippen molar-refractivity contribution in [2.45, 2.75) is 0 Å². The van der Waals surface area contributed by atoms with E-state index in [1.807, 2.05) is 0 Å². The van der Waals surface area contributed by atoms with E-state index < -0.39 is 5.82 Å². The molecule has 0 saturated heterocycles. The van der Waals surface area contributed by atoms with Gasteiger partial charge in [0.2, 0.25) is 0 Å². The van der Waals surface area contributed by atoms with Gasteiger partial charge in [-0.25, -0.2) is 4.39 Å². The third-order valence-electron chi connectivity index (χ3n) is 2.82. The Morgan fingerprint density at radius 2 is 1.68 bits per heavy atom. The first-order valence-electron chi connectivity index (χ1n) is 5.67. The van der Waals surface area contributed by atoms with Crippen LogP contribution in [0.25, 0.3) is 11.1 Å². The van der Waals surface area contributed by atoms with Crippen LogP contribution < -0.4 is 9.47 Å². The number of ether oxygens (including phenoxy) is 2. The van der Waals surface area contributed by atoms with Crippen LogP contribution in [0.2, 0.25) is 0 Å². The van der Waals surface area contributed by atoms with E-state index in [0.717, 1.165) is 0 Å². The van der Waals surface area contributed by atoms with E-state index in [1.54, 1.807) is 18.2 Å². The molecule has 2 aromatic carbocycles. The second kappa shape index (κ2) is 5.52. The maximum absolute atomic E-state index is 14.0. The molecule has 0 bridgehead atoms. The highest BCUT2D eigenvalue weighted by molar-refractivity contribution is 5.83. The quantitative estimate of drug-likeness (QED) is 0.791. The van der Waals surface area contributed by atoms with E-state index in [9.17, 15) is 9.18 Å². The Kier molecular flexibility index (Phi) is 3.80. The van der Waals surface area contributed by atoms with Gasteiger partial charge in [-0.05, 0) is 30.3 Å². The maximum Gasteiger partial charge on any atom is 0.150 e. The van der Waals surface area contributed by atoms with Crippen molar-refractivity contribution in [2.75, 3.05) is 14.2 Å². The molecule has 0 atom stereocenters. The summed E-state index contributed by atoms with van der Waals surface area (Å²) in [7, 11) is 3.00. The van der Waals surface area contributed by atoms with Crippen LogP contribution >= 0.6 is 0 Å². The molecule has 0 aliphatic heterocycles. The summed E-state index contributed by atoms with van der Waals surface area (Å²) in [6, 6.07) is 9.33. The van der Waals surface area contributed by atoms with Crippen LogP contribution in [0.3, 0.4) is 0 Å². The first-order chi connectivity index (χ1) is 9.21. The van der Waals surface area contributed by atoms with Crippen LogP contribution in [0.1, 0.15) is 10.4 Å². The smallest absolute Gasteiger partial charge is 0.150 e. The fraction of sp³-hybridized carbons (Fsp3) is 0.133. The number of hydrogen-bond acceptors (Lipinski definition) is 3. The second-order valence-corrected chi connectivity index (χ2v) is 3.89. The van der Waals surface area contributed by atoms with Gasteiger partial charge in [-0.15, -0.1) is 0 Å². The minimum atomic E-state index is -0.437. The lowest BCUT2D eigenvalue weighted by molar-refractivity contribution is 0.112. The highest BCUT2D eigenvalue weighted by atomic mass is 19.1. The van der Waals surface area contributed by atoms with Crippen LogP contribution in [-0.2, 0) is 0 Å². The van der Waals surface area contributed by atoms with Crippen LogP contribution in [0.4, 0.5) is 4.39 Å². The molecule has 0 amide bonds. The standard InChI is InChI=1S/C15H13FO3/c1-18-13-4-3-5-14(19-2)15(13)11-8-10(9-17)6-7-12(11)16/h3-9H,1-2H3. The number of methoxy groups -OCH3 is 2. The second-order valence-electron chi connectivity index (χ2n) is 3.89. The lowest BCUT2D eigenvalue weighted by Crippen LogP contribution is -1.96. The summed E-state index contributed by atoms with van der Waals surface area (Å²) in [6.07, 6.45) is 0.671. The molecular weight excluding hydrogens is 247 g/mol. The average Bonchev–Trinajstić information content (AvgIpc) is 2.47. The van der Waals surface area contributed by atoms with Crippen LogP contribution in [0, 0.1) is 5.82 Å². The van der Waals surface area contributed by atoms with Crippen LogP contribution in [-0.4, -0.2) is 20.5 Å². The van der Waals surface area contributed by atoms with Gasteiger partial charge >= 0.3 is 0 Å². The molecule has 0 aliphatic rings. The Labute approximate surface area is 110 Å². The van der Waals surface area contributed by atoms with Gasteiger partial charge in [-0.1, -0.05) is 6.07 Å². The maximum atomic E-state index is 14.0. The molecule has 0 aliphatic carbocycles. The number of aldehydes is 1. The molecule has 98 valence electrons. The SMILES string of the molecule is COc1cccc(OC)c1-c1cc(C=O)ccc1F. The zero-order valence-corrected chi connectivity index (χ0v) is 10.6. The molecule has 19 heavy (non-hydrogen) atoms. The molecule has 3 nitrogen and oxygen atoms in total. The number of halogens is 1. The van der Waals surface area contributed by atoms with E-state index in [4.69, 9.17) is 9.47 Å². The first kappa shape index (κ1) is 13.1. The van der Waals surface area contributed by atoms with Crippen molar-refractivity contribution >= 4 is 6.29 Å². The van der Waals surface area contributed by atoms with E-state index in [2.05, 4.69) is 0 Å². The molecule has 2 aromatic rings. The lowest BCUT2D eigenvalue weighted by atomic mass is 10.0. The predicted molar refractivity (Wildman–Crippen MR) is 70.3 cm³/mol. The number of benzene rings is 2. The van der Waals surface area contributed by atoms with Crippen molar-refractivity contribution in [3.8, 4) is 22.6 Å². The Bertz CT molecular complexity index is 586. The van der Waals surface area contributed by atoms with Gasteiger partial charge in [0.25, 0.3) is 0 Å². The van der Waals surface area contributed by atoms with Crippen molar-refractivity contribution < 1.29 is 18.7 Å². The number of carbonyl (C=O) groups excluding carboxylic acids is 1. The van der Waals surface area contributed by atoms with Gasteiger partial charge in [-0.2, -0.15) is 0 Å². The average molecular weight is 260 g/mol. The van der Waals surface area contributed by atoms with Gasteiger partial charge in [-0.3, -0.25) is 4.79 Å². The topological polar surface area (TPSA) is 35.5 Å². The lowest BCUT2D eigenvalue weighted by Gasteiger charge is -2.14. The number of carbonyl (C=O) groups is 1. The molecule has 0 heterocycles. The normalized spacial score (nSPS) is 10.1. The van der Waals surface area contributed by atoms with Crippen LogP contribution in [0.15, 0.2) is 36.4 Å². The van der Waals surface area contributed by atoms with Crippen molar-refractivity contribution in [3.05, 3.63) is 47.8 Å². The Morgan fingerprint density at radius 3 is 2.21 bits per heavy atom. The van der Waals surface area contributed by atoms with E-state index in [0.29, 0.717) is 28.9 Å². The Balaban J connectivity index is 2.73. The first-order valence-corrected chi connectivity index (χ1v) is 5.67. The number of rotatable bonds is 4. The Hall–Kier alpha value is -2.36. The van der Waals surface area contributed by atoms with Gasteiger partial charge in [0.15, 0.2) is 0 Å². The highest BCUT2D eigenvalue weighted by Gasteiger charge is 2.16. The minimum Gasteiger partial charge on any atom is -0.496 e. The zero-order valence-electron chi connectivity index (χ0n) is 10.6. The molecule has 4 heteroatoms. The van der Waals surface area contributed by atoms with Crippen molar-refractivity contribution in [1.29, 1.82) is 0 Å². The number of hydrogen-bond donors (Lipinski definition) is 0. The largest absolute Gasteiger partial charge is 0.496 e. The summed E-state index contributed by atoms with van der Waals surface area (Å²) < 4.78 is 24.5. The predicted octanol–water partition coefficient (Wildman–Crippen LogP) is 3.32. The monoisotopic (exact) mass is 260 g/mol. The van der Waals surface area contributed by atoms with Gasteiger partial charge in [0.1, 0.15) is 23.6 Å². The van der Waals surface area contributed by atoms with E-state index >= 15 is 0 Å². The third kappa shape index (κ3) is 2.42. The van der Waals surface area contributed by atoms with Crippen LogP contribution in [0.5, 0.6) is 11.5 Å². The van der Waals surface area contributed by atoms with E-state index in [1.165, 1.54) is 32.4 Å². The fourth-order valence-electron chi connectivity index (χ4n) is 1.92. The van der Waals surface area contributed by atoms with Gasteiger partial charge in [0, 0.05) is 11.1 Å². The molecule has 0 N–H and O–H groups in total. The van der Waals surface area contributed by atoms with Crippen molar-refractivity contribution in [1.82, 2.24) is 0 Å². The summed E-state index contributed by atoms with van der Waals surface area (Å²) in [5.41, 5.74) is 1.16. The van der Waals surface area contributed by atoms with Crippen molar-refractivity contribution in [3.63, 3.8) is 0 Å².